The van der Waals surface area contributed by atoms with Crippen molar-refractivity contribution in [3.05, 3.63) is 64.8 Å². The number of aromatic amines is 1. The highest BCUT2D eigenvalue weighted by Gasteiger charge is 2.31. The van der Waals surface area contributed by atoms with Crippen LogP contribution in [-0.2, 0) is 11.3 Å². The first-order valence-electron chi connectivity index (χ1n) is 10.8. The van der Waals surface area contributed by atoms with Crippen LogP contribution < -0.4 is 4.74 Å². The molecule has 3 aromatic rings. The maximum absolute atomic E-state index is 11.3. The van der Waals surface area contributed by atoms with E-state index in [1.165, 1.54) is 10.9 Å². The molecular formula is C25H33ClN2O5. The zero-order valence-corrected chi connectivity index (χ0v) is 20.1. The van der Waals surface area contributed by atoms with Gasteiger partial charge in [0.2, 0.25) is 0 Å². The quantitative estimate of drug-likeness (QED) is 0.521. The Bertz CT molecular complexity index is 1070. The number of H-pyrrole nitrogens is 1. The molecule has 1 fully saturated rings. The number of carbonyl (C=O) groups is 1. The van der Waals surface area contributed by atoms with Crippen molar-refractivity contribution in [3.63, 3.8) is 0 Å². The molecule has 0 unspecified atom stereocenters. The van der Waals surface area contributed by atoms with Crippen molar-refractivity contribution in [2.45, 2.75) is 45.4 Å². The topological polar surface area (TPSA) is 106 Å². The van der Waals surface area contributed by atoms with Gasteiger partial charge in [0.05, 0.1) is 18.8 Å². The fourth-order valence-electron chi connectivity index (χ4n) is 4.74. The summed E-state index contributed by atoms with van der Waals surface area (Å²) in [5.74, 6) is -0.00464. The molecule has 1 aliphatic rings. The van der Waals surface area contributed by atoms with E-state index < -0.39 is 5.97 Å². The van der Waals surface area contributed by atoms with Crippen LogP contribution in [0.4, 0.5) is 0 Å². The number of hydrogen-bond acceptors (Lipinski definition) is 4. The monoisotopic (exact) mass is 476 g/mol. The third kappa shape index (κ3) is 5.50. The van der Waals surface area contributed by atoms with Gasteiger partial charge in [0, 0.05) is 48.4 Å². The maximum Gasteiger partial charge on any atom is 0.335 e. The van der Waals surface area contributed by atoms with Crippen molar-refractivity contribution in [1.29, 1.82) is 0 Å². The van der Waals surface area contributed by atoms with Crippen LogP contribution in [0.15, 0.2) is 42.6 Å². The largest absolute Gasteiger partial charge is 0.496 e. The lowest BCUT2D eigenvalue weighted by Crippen LogP contribution is -2.39. The molecule has 7 nitrogen and oxygen atoms in total. The number of hydrogen-bond donors (Lipinski definition) is 2. The van der Waals surface area contributed by atoms with Crippen LogP contribution in [0.3, 0.4) is 0 Å². The van der Waals surface area contributed by atoms with Crippen molar-refractivity contribution >= 4 is 29.3 Å². The van der Waals surface area contributed by atoms with E-state index in [-0.39, 0.29) is 30.0 Å². The second-order valence-corrected chi connectivity index (χ2v) is 8.16. The molecule has 33 heavy (non-hydrogen) atoms. The number of halogens is 1. The Labute approximate surface area is 200 Å². The number of aryl methyl sites for hydroxylation is 1. The number of benzene rings is 2. The van der Waals surface area contributed by atoms with Gasteiger partial charge < -0.3 is 25.0 Å². The number of carboxylic acid groups (broad SMARTS) is 1. The van der Waals surface area contributed by atoms with Crippen molar-refractivity contribution < 1.29 is 24.9 Å². The van der Waals surface area contributed by atoms with Crippen LogP contribution in [0.1, 0.15) is 52.9 Å². The number of nitrogens with zero attached hydrogens (tertiary/aromatic N) is 1. The Morgan fingerprint density at radius 2 is 1.97 bits per heavy atom. The Hall–Kier alpha value is -2.58. The number of fused-ring (bicyclic) bond motifs is 1. The summed E-state index contributed by atoms with van der Waals surface area (Å²) in [5.41, 5.74) is 4.90. The van der Waals surface area contributed by atoms with Crippen LogP contribution in [-0.4, -0.2) is 52.8 Å². The highest BCUT2D eigenvalue weighted by molar-refractivity contribution is 5.88. The second-order valence-electron chi connectivity index (χ2n) is 8.16. The molecule has 0 spiro atoms. The van der Waals surface area contributed by atoms with Gasteiger partial charge in [0.25, 0.3) is 0 Å². The van der Waals surface area contributed by atoms with Gasteiger partial charge in [-0.15, -0.1) is 12.4 Å². The molecular weight excluding hydrogens is 444 g/mol. The molecule has 8 heteroatoms. The molecule has 1 aliphatic heterocycles. The van der Waals surface area contributed by atoms with Gasteiger partial charge in [-0.05, 0) is 62.1 Å². The fourth-order valence-corrected chi connectivity index (χ4v) is 4.74. The highest BCUT2D eigenvalue weighted by Crippen LogP contribution is 2.37. The minimum absolute atomic E-state index is 0. The summed E-state index contributed by atoms with van der Waals surface area (Å²) in [6.07, 6.45) is 4.04. The average molecular weight is 477 g/mol. The van der Waals surface area contributed by atoms with Crippen LogP contribution in [0.2, 0.25) is 0 Å². The molecule has 0 bridgehead atoms. The summed E-state index contributed by atoms with van der Waals surface area (Å²) in [5, 5.41) is 10.4. The third-order valence-electron chi connectivity index (χ3n) is 6.30. The molecule has 4 N–H and O–H groups in total. The Morgan fingerprint density at radius 3 is 2.61 bits per heavy atom. The lowest BCUT2D eigenvalue weighted by atomic mass is 9.91. The fraction of sp³-hybridized carbons (Fsp3) is 0.400. The van der Waals surface area contributed by atoms with E-state index in [0.717, 1.165) is 48.3 Å². The molecule has 0 radical (unpaired) electrons. The summed E-state index contributed by atoms with van der Waals surface area (Å²) in [6, 6.07) is 11.6. The van der Waals surface area contributed by atoms with Gasteiger partial charge in [-0.2, -0.15) is 0 Å². The minimum atomic E-state index is -0.904. The Kier molecular flexibility index (Phi) is 9.31. The van der Waals surface area contributed by atoms with E-state index in [4.69, 9.17) is 9.47 Å². The number of carboxylic acids is 1. The van der Waals surface area contributed by atoms with Crippen LogP contribution >= 0.6 is 12.4 Å². The van der Waals surface area contributed by atoms with Gasteiger partial charge >= 0.3 is 5.97 Å². The van der Waals surface area contributed by atoms with Gasteiger partial charge in [0.15, 0.2) is 0 Å². The molecule has 0 saturated carbocycles. The normalized spacial score (nSPS) is 18.4. The summed E-state index contributed by atoms with van der Waals surface area (Å²) in [6.45, 7) is 6.47. The second kappa shape index (κ2) is 11.5. The SMILES string of the molecule is CCO[C@H]1CCN(Cc2c(OC)cc(C)c3[nH]ccc23)[C@H](c2ccc(C(=O)O)cc2)C1.Cl.O. The molecule has 1 saturated heterocycles. The predicted molar refractivity (Wildman–Crippen MR) is 132 cm³/mol. The molecule has 0 aliphatic carbocycles. The number of methoxy groups -OCH3 is 1. The van der Waals surface area contributed by atoms with Gasteiger partial charge in [-0.25, -0.2) is 4.79 Å². The molecule has 2 aromatic carbocycles. The molecule has 4 rings (SSSR count). The third-order valence-corrected chi connectivity index (χ3v) is 6.30. The number of aromatic carboxylic acids is 1. The summed E-state index contributed by atoms with van der Waals surface area (Å²) in [4.78, 5) is 17.1. The maximum atomic E-state index is 11.3. The van der Waals surface area contributed by atoms with Gasteiger partial charge in [0.1, 0.15) is 5.75 Å². The average Bonchev–Trinajstić information content (AvgIpc) is 3.27. The van der Waals surface area contributed by atoms with Crippen LogP contribution in [0.5, 0.6) is 5.75 Å². The Morgan fingerprint density at radius 1 is 1.24 bits per heavy atom. The zero-order valence-electron chi connectivity index (χ0n) is 19.3. The van der Waals surface area contributed by atoms with Crippen molar-refractivity contribution in [2.75, 3.05) is 20.3 Å². The molecule has 180 valence electrons. The molecule has 0 amide bonds. The molecule has 2 heterocycles. The Balaban J connectivity index is 0.00000193. The van der Waals surface area contributed by atoms with Gasteiger partial charge in [-0.1, -0.05) is 12.1 Å². The standard InChI is InChI=1S/C25H30N2O4.ClH.H2O/c1-4-31-19-10-12-27(22(14-19)17-5-7-18(8-6-17)25(28)29)15-21-20-9-11-26-24(20)16(2)13-23(21)30-3;;/h5-9,11,13,19,22,26H,4,10,12,14-15H2,1-3H3,(H,28,29);1H;1H2/t19-,22-;;/m0../s1. The molecule has 1 aromatic heterocycles. The van der Waals surface area contributed by atoms with E-state index >= 15 is 0 Å². The van der Waals surface area contributed by atoms with Crippen LogP contribution in [0.25, 0.3) is 10.9 Å². The van der Waals surface area contributed by atoms with E-state index in [2.05, 4.69) is 28.9 Å². The predicted octanol–water partition coefficient (Wildman–Crippen LogP) is 4.52. The smallest absolute Gasteiger partial charge is 0.335 e. The number of piperidine rings is 1. The van der Waals surface area contributed by atoms with E-state index in [1.807, 2.05) is 25.3 Å². The van der Waals surface area contributed by atoms with Crippen molar-refractivity contribution in [1.82, 2.24) is 9.88 Å². The molecule has 2 atom stereocenters. The number of nitrogens with one attached hydrogen (secondary N) is 1. The first kappa shape index (κ1) is 26.7. The highest BCUT2D eigenvalue weighted by atomic mass is 35.5. The van der Waals surface area contributed by atoms with E-state index in [0.29, 0.717) is 12.2 Å². The lowest BCUT2D eigenvalue weighted by molar-refractivity contribution is -0.0138. The lowest BCUT2D eigenvalue weighted by Gasteiger charge is -2.40. The van der Waals surface area contributed by atoms with E-state index in [9.17, 15) is 9.90 Å². The van der Waals surface area contributed by atoms with Crippen LogP contribution in [0, 0.1) is 6.92 Å². The summed E-state index contributed by atoms with van der Waals surface area (Å²) < 4.78 is 11.7. The number of ether oxygens (including phenoxy) is 2. The zero-order chi connectivity index (χ0) is 22.0. The van der Waals surface area contributed by atoms with Crippen molar-refractivity contribution in [3.8, 4) is 5.75 Å². The summed E-state index contributed by atoms with van der Waals surface area (Å²) in [7, 11) is 1.72. The summed E-state index contributed by atoms with van der Waals surface area (Å²) >= 11 is 0. The number of rotatable bonds is 7. The first-order chi connectivity index (χ1) is 15.0. The first-order valence-corrected chi connectivity index (χ1v) is 10.8. The minimum Gasteiger partial charge on any atom is -0.496 e. The number of likely N-dealkylation sites (tertiary alicyclic amines) is 1. The van der Waals surface area contributed by atoms with Gasteiger partial charge in [-0.3, -0.25) is 4.90 Å². The number of aromatic nitrogens is 1. The van der Waals surface area contributed by atoms with E-state index in [1.54, 1.807) is 19.2 Å². The van der Waals surface area contributed by atoms with Crippen molar-refractivity contribution in [2.24, 2.45) is 0 Å².